The Morgan fingerprint density at radius 3 is 3.00 bits per heavy atom. The maximum atomic E-state index is 8.54. The quantitative estimate of drug-likeness (QED) is 0.415. The number of hydrogen-bond donors (Lipinski definition) is 1. The summed E-state index contributed by atoms with van der Waals surface area (Å²) in [7, 11) is 1.84. The van der Waals surface area contributed by atoms with Gasteiger partial charge in [0.1, 0.15) is 0 Å². The molecule has 1 aliphatic heterocycles. The van der Waals surface area contributed by atoms with Crippen molar-refractivity contribution in [1.82, 2.24) is 10.2 Å². The topological polar surface area (TPSA) is 39.1 Å². The molecule has 1 saturated heterocycles. The van der Waals surface area contributed by atoms with Crippen LogP contribution in [-0.4, -0.2) is 31.1 Å². The van der Waals surface area contributed by atoms with E-state index in [0.29, 0.717) is 6.04 Å². The number of hydrogen-bond acceptors (Lipinski definition) is 3. The molecule has 0 aromatic carbocycles. The van der Waals surface area contributed by atoms with E-state index in [-0.39, 0.29) is 0 Å². The molecule has 0 aliphatic carbocycles. The van der Waals surface area contributed by atoms with Crippen LogP contribution in [0.5, 0.6) is 0 Å². The molecular weight excluding hydrogens is 126 g/mol. The summed E-state index contributed by atoms with van der Waals surface area (Å²) in [6.07, 6.45) is 4.47. The van der Waals surface area contributed by atoms with Crippen LogP contribution in [0, 0.1) is 11.5 Å². The summed E-state index contributed by atoms with van der Waals surface area (Å²) in [5, 5.41) is 11.8. The van der Waals surface area contributed by atoms with Crippen LogP contribution in [0.25, 0.3) is 0 Å². The lowest BCUT2D eigenvalue weighted by Gasteiger charge is -2.27. The number of rotatable bonds is 1. The fraction of sp³-hybridized carbons (Fsp3) is 0.857. The van der Waals surface area contributed by atoms with Gasteiger partial charge in [0.15, 0.2) is 6.19 Å². The highest BCUT2D eigenvalue weighted by Crippen LogP contribution is 2.06. The van der Waals surface area contributed by atoms with Crippen molar-refractivity contribution in [3.63, 3.8) is 0 Å². The van der Waals surface area contributed by atoms with Gasteiger partial charge in [-0.25, -0.2) is 0 Å². The molecule has 0 amide bonds. The van der Waals surface area contributed by atoms with Crippen LogP contribution < -0.4 is 5.32 Å². The number of nitriles is 1. The number of nitrogens with one attached hydrogen (secondary N) is 1. The molecule has 1 unspecified atom stereocenters. The maximum Gasteiger partial charge on any atom is 0.179 e. The SMILES string of the molecule is CN(C#N)C1CCCNC1. The molecule has 0 spiro atoms. The van der Waals surface area contributed by atoms with Crippen LogP contribution in [-0.2, 0) is 0 Å². The second kappa shape index (κ2) is 3.43. The van der Waals surface area contributed by atoms with Gasteiger partial charge in [0.05, 0.1) is 6.04 Å². The minimum absolute atomic E-state index is 0.429. The third-order valence-electron chi connectivity index (χ3n) is 1.98. The summed E-state index contributed by atoms with van der Waals surface area (Å²) in [5.74, 6) is 0. The van der Waals surface area contributed by atoms with Crippen LogP contribution >= 0.6 is 0 Å². The van der Waals surface area contributed by atoms with E-state index < -0.39 is 0 Å². The fourth-order valence-electron chi connectivity index (χ4n) is 1.25. The summed E-state index contributed by atoms with van der Waals surface area (Å²) in [6, 6.07) is 0.429. The molecule has 1 heterocycles. The van der Waals surface area contributed by atoms with E-state index in [1.165, 1.54) is 6.42 Å². The van der Waals surface area contributed by atoms with Crippen molar-refractivity contribution in [3.05, 3.63) is 0 Å². The lowest BCUT2D eigenvalue weighted by molar-refractivity contribution is 0.278. The van der Waals surface area contributed by atoms with Gasteiger partial charge in [-0.1, -0.05) is 0 Å². The largest absolute Gasteiger partial charge is 0.315 e. The predicted molar refractivity (Wildman–Crippen MR) is 39.3 cm³/mol. The summed E-state index contributed by atoms with van der Waals surface area (Å²) in [4.78, 5) is 1.73. The van der Waals surface area contributed by atoms with Crippen molar-refractivity contribution in [3.8, 4) is 6.19 Å². The molecular formula is C7H13N3. The van der Waals surface area contributed by atoms with Crippen LogP contribution in [0.4, 0.5) is 0 Å². The number of piperidine rings is 1. The molecule has 56 valence electrons. The molecule has 1 aliphatic rings. The molecule has 0 bridgehead atoms. The summed E-state index contributed by atoms with van der Waals surface area (Å²) < 4.78 is 0. The van der Waals surface area contributed by atoms with Crippen LogP contribution in [0.1, 0.15) is 12.8 Å². The van der Waals surface area contributed by atoms with Gasteiger partial charge in [0, 0.05) is 13.6 Å². The van der Waals surface area contributed by atoms with Gasteiger partial charge in [0.25, 0.3) is 0 Å². The Bertz CT molecular complexity index is 132. The zero-order chi connectivity index (χ0) is 7.40. The molecule has 3 nitrogen and oxygen atoms in total. The van der Waals surface area contributed by atoms with E-state index in [4.69, 9.17) is 5.26 Å². The molecule has 0 radical (unpaired) electrons. The number of nitrogens with zero attached hydrogens (tertiary/aromatic N) is 2. The Kier molecular flexibility index (Phi) is 2.52. The van der Waals surface area contributed by atoms with E-state index in [2.05, 4.69) is 11.5 Å². The molecule has 10 heavy (non-hydrogen) atoms. The van der Waals surface area contributed by atoms with E-state index >= 15 is 0 Å². The molecule has 1 atom stereocenters. The third kappa shape index (κ3) is 1.61. The van der Waals surface area contributed by atoms with Gasteiger partial charge in [-0.05, 0) is 19.4 Å². The van der Waals surface area contributed by atoms with Crippen LogP contribution in [0.2, 0.25) is 0 Å². The van der Waals surface area contributed by atoms with E-state index in [1.54, 1.807) is 4.90 Å². The minimum Gasteiger partial charge on any atom is -0.315 e. The molecule has 1 N–H and O–H groups in total. The Hall–Kier alpha value is -0.750. The average molecular weight is 139 g/mol. The molecule has 0 aromatic rings. The van der Waals surface area contributed by atoms with Crippen molar-refractivity contribution in [2.24, 2.45) is 0 Å². The van der Waals surface area contributed by atoms with Gasteiger partial charge < -0.3 is 10.2 Å². The Balaban J connectivity index is 2.33. The standard InChI is InChI=1S/C7H13N3/c1-10(6-8)7-3-2-4-9-5-7/h7,9H,2-5H2,1H3. The van der Waals surface area contributed by atoms with Gasteiger partial charge in [-0.15, -0.1) is 0 Å². The van der Waals surface area contributed by atoms with Crippen molar-refractivity contribution < 1.29 is 0 Å². The average Bonchev–Trinajstić information content (AvgIpc) is 2.05. The highest BCUT2D eigenvalue weighted by Gasteiger charge is 2.15. The predicted octanol–water partition coefficient (Wildman–Crippen LogP) is 0.151. The first-order valence-corrected chi connectivity index (χ1v) is 3.68. The zero-order valence-electron chi connectivity index (χ0n) is 6.30. The fourth-order valence-corrected chi connectivity index (χ4v) is 1.25. The van der Waals surface area contributed by atoms with Crippen molar-refractivity contribution in [1.29, 1.82) is 5.26 Å². The van der Waals surface area contributed by atoms with Crippen molar-refractivity contribution >= 4 is 0 Å². The smallest absolute Gasteiger partial charge is 0.179 e. The van der Waals surface area contributed by atoms with Crippen LogP contribution in [0.15, 0.2) is 0 Å². The Morgan fingerprint density at radius 1 is 1.70 bits per heavy atom. The van der Waals surface area contributed by atoms with E-state index in [9.17, 15) is 0 Å². The molecule has 3 heteroatoms. The third-order valence-corrected chi connectivity index (χ3v) is 1.98. The summed E-state index contributed by atoms with van der Waals surface area (Å²) in [5.41, 5.74) is 0. The van der Waals surface area contributed by atoms with E-state index in [1.807, 2.05) is 7.05 Å². The first-order chi connectivity index (χ1) is 4.84. The van der Waals surface area contributed by atoms with Gasteiger partial charge >= 0.3 is 0 Å². The van der Waals surface area contributed by atoms with Gasteiger partial charge in [-0.3, -0.25) is 0 Å². The van der Waals surface area contributed by atoms with E-state index in [0.717, 1.165) is 19.5 Å². The normalized spacial score (nSPS) is 25.4. The zero-order valence-corrected chi connectivity index (χ0v) is 6.30. The lowest BCUT2D eigenvalue weighted by atomic mass is 10.1. The first kappa shape index (κ1) is 7.36. The summed E-state index contributed by atoms with van der Waals surface area (Å²) in [6.45, 7) is 2.07. The second-order valence-corrected chi connectivity index (χ2v) is 2.71. The van der Waals surface area contributed by atoms with Gasteiger partial charge in [0.2, 0.25) is 0 Å². The summed E-state index contributed by atoms with van der Waals surface area (Å²) >= 11 is 0. The van der Waals surface area contributed by atoms with Crippen molar-refractivity contribution in [2.75, 3.05) is 20.1 Å². The molecule has 0 aromatic heterocycles. The van der Waals surface area contributed by atoms with Gasteiger partial charge in [-0.2, -0.15) is 5.26 Å². The molecule has 1 rings (SSSR count). The Labute approximate surface area is 61.6 Å². The molecule has 1 fully saturated rings. The maximum absolute atomic E-state index is 8.54. The molecule has 0 saturated carbocycles. The number of likely N-dealkylation sites (N-methyl/N-ethyl adjacent to an activating group) is 1. The Morgan fingerprint density at radius 2 is 2.50 bits per heavy atom. The first-order valence-electron chi connectivity index (χ1n) is 3.68. The highest BCUT2D eigenvalue weighted by atomic mass is 15.1. The lowest BCUT2D eigenvalue weighted by Crippen LogP contribution is -2.41. The minimum atomic E-state index is 0.429. The second-order valence-electron chi connectivity index (χ2n) is 2.71. The van der Waals surface area contributed by atoms with Crippen molar-refractivity contribution in [2.45, 2.75) is 18.9 Å². The van der Waals surface area contributed by atoms with Crippen LogP contribution in [0.3, 0.4) is 0 Å². The monoisotopic (exact) mass is 139 g/mol. The highest BCUT2D eigenvalue weighted by molar-refractivity contribution is 4.83.